The molecule has 0 saturated heterocycles. The van der Waals surface area contributed by atoms with E-state index in [0.29, 0.717) is 23.8 Å². The lowest BCUT2D eigenvalue weighted by Gasteiger charge is -2.13. The van der Waals surface area contributed by atoms with Crippen LogP contribution in [-0.4, -0.2) is 36.3 Å². The monoisotopic (exact) mass is 379 g/mol. The van der Waals surface area contributed by atoms with E-state index in [2.05, 4.69) is 35.6 Å². The maximum atomic E-state index is 13.3. The normalized spacial score (nSPS) is 19.3. The van der Waals surface area contributed by atoms with E-state index >= 15 is 0 Å². The molecule has 0 spiro atoms. The van der Waals surface area contributed by atoms with Crippen LogP contribution in [0.3, 0.4) is 0 Å². The van der Waals surface area contributed by atoms with Crippen molar-refractivity contribution in [1.29, 1.82) is 0 Å². The van der Waals surface area contributed by atoms with Gasteiger partial charge < -0.3 is 9.84 Å². The van der Waals surface area contributed by atoms with Gasteiger partial charge in [-0.15, -0.1) is 0 Å². The van der Waals surface area contributed by atoms with Crippen molar-refractivity contribution < 1.29 is 8.91 Å². The zero-order chi connectivity index (χ0) is 18.9. The molecule has 142 valence electrons. The Kier molecular flexibility index (Phi) is 4.19. The second-order valence-electron chi connectivity index (χ2n) is 7.06. The third kappa shape index (κ3) is 3.30. The van der Waals surface area contributed by atoms with Gasteiger partial charge in [-0.25, -0.2) is 14.4 Å². The standard InChI is InChI=1S/C19H18FN7O/c20-13-3-1-2-11(6-13)7-16-25-19(28-27-16)12-4-5-14(8-12)24-17-15-9-23-26-18(15)22-10-21-17/h1-3,6,9-10,12,14H,4-5,7-8H2,(H2,21,22,23,24,26)/t12-,14-/m0/s1. The SMILES string of the molecule is Fc1cccc(Cc2noc([C@H]3CC[C@H](Nc4ncnc5[nH]ncc45)C3)n2)c1. The maximum absolute atomic E-state index is 13.3. The number of H-pyrrole nitrogens is 1. The van der Waals surface area contributed by atoms with Gasteiger partial charge in [0.15, 0.2) is 11.5 Å². The van der Waals surface area contributed by atoms with Gasteiger partial charge in [-0.1, -0.05) is 17.3 Å². The zero-order valence-corrected chi connectivity index (χ0v) is 15.0. The molecule has 5 rings (SSSR count). The van der Waals surface area contributed by atoms with E-state index < -0.39 is 0 Å². The van der Waals surface area contributed by atoms with Crippen LogP contribution in [0.5, 0.6) is 0 Å². The summed E-state index contributed by atoms with van der Waals surface area (Å²) in [6.45, 7) is 0. The van der Waals surface area contributed by atoms with Gasteiger partial charge in [0.05, 0.1) is 11.6 Å². The first-order valence-corrected chi connectivity index (χ1v) is 9.22. The van der Waals surface area contributed by atoms with Crippen LogP contribution in [0.15, 0.2) is 41.3 Å². The van der Waals surface area contributed by atoms with E-state index in [9.17, 15) is 4.39 Å². The van der Waals surface area contributed by atoms with Crippen LogP contribution in [0, 0.1) is 5.82 Å². The Bertz CT molecular complexity index is 1110. The summed E-state index contributed by atoms with van der Waals surface area (Å²) in [6.07, 6.45) is 6.52. The molecule has 1 aliphatic rings. The van der Waals surface area contributed by atoms with Gasteiger partial charge in [-0.3, -0.25) is 5.10 Å². The Morgan fingerprint density at radius 2 is 2.21 bits per heavy atom. The lowest BCUT2D eigenvalue weighted by Crippen LogP contribution is -2.16. The molecule has 0 bridgehead atoms. The zero-order valence-electron chi connectivity index (χ0n) is 15.0. The second-order valence-corrected chi connectivity index (χ2v) is 7.06. The number of halogens is 1. The molecule has 8 nitrogen and oxygen atoms in total. The third-order valence-corrected chi connectivity index (χ3v) is 5.11. The van der Waals surface area contributed by atoms with Crippen molar-refractivity contribution in [3.05, 3.63) is 59.9 Å². The van der Waals surface area contributed by atoms with E-state index in [1.54, 1.807) is 12.3 Å². The predicted octanol–water partition coefficient (Wildman–Crippen LogP) is 3.21. The van der Waals surface area contributed by atoms with Gasteiger partial charge in [0.2, 0.25) is 5.89 Å². The van der Waals surface area contributed by atoms with Crippen LogP contribution in [0.1, 0.15) is 42.5 Å². The first-order chi connectivity index (χ1) is 13.7. The van der Waals surface area contributed by atoms with Crippen LogP contribution in [0.4, 0.5) is 10.2 Å². The molecule has 4 aromatic rings. The van der Waals surface area contributed by atoms with Gasteiger partial charge in [-0.2, -0.15) is 10.1 Å². The van der Waals surface area contributed by atoms with Crippen LogP contribution in [0.2, 0.25) is 0 Å². The number of hydrogen-bond donors (Lipinski definition) is 2. The molecule has 1 aliphatic carbocycles. The fourth-order valence-electron chi connectivity index (χ4n) is 3.74. The quantitative estimate of drug-likeness (QED) is 0.548. The Morgan fingerprint density at radius 3 is 3.14 bits per heavy atom. The van der Waals surface area contributed by atoms with Gasteiger partial charge in [0.1, 0.15) is 18.0 Å². The van der Waals surface area contributed by atoms with Crippen LogP contribution in [0.25, 0.3) is 11.0 Å². The lowest BCUT2D eigenvalue weighted by molar-refractivity contribution is 0.350. The first kappa shape index (κ1) is 16.8. The Balaban J connectivity index is 1.25. The number of nitrogens with zero attached hydrogens (tertiary/aromatic N) is 5. The molecule has 9 heteroatoms. The lowest BCUT2D eigenvalue weighted by atomic mass is 10.1. The number of hydrogen-bond acceptors (Lipinski definition) is 7. The van der Waals surface area contributed by atoms with Crippen molar-refractivity contribution in [3.63, 3.8) is 0 Å². The van der Waals surface area contributed by atoms with Crippen molar-refractivity contribution in [3.8, 4) is 0 Å². The van der Waals surface area contributed by atoms with E-state index in [4.69, 9.17) is 4.52 Å². The summed E-state index contributed by atoms with van der Waals surface area (Å²) in [6, 6.07) is 6.71. The summed E-state index contributed by atoms with van der Waals surface area (Å²) in [5.74, 6) is 1.94. The molecule has 28 heavy (non-hydrogen) atoms. The van der Waals surface area contributed by atoms with E-state index in [-0.39, 0.29) is 17.8 Å². The topological polar surface area (TPSA) is 105 Å². The number of fused-ring (bicyclic) bond motifs is 1. The predicted molar refractivity (Wildman–Crippen MR) is 99.2 cm³/mol. The molecule has 0 amide bonds. The molecule has 0 radical (unpaired) electrons. The molecule has 1 saturated carbocycles. The molecular weight excluding hydrogens is 361 g/mol. The number of anilines is 1. The molecule has 2 atom stereocenters. The third-order valence-electron chi connectivity index (χ3n) is 5.11. The van der Waals surface area contributed by atoms with Gasteiger partial charge in [0, 0.05) is 18.4 Å². The van der Waals surface area contributed by atoms with Crippen LogP contribution < -0.4 is 5.32 Å². The van der Waals surface area contributed by atoms with Crippen molar-refractivity contribution in [2.24, 2.45) is 0 Å². The summed E-state index contributed by atoms with van der Waals surface area (Å²) in [5, 5.41) is 15.3. The van der Waals surface area contributed by atoms with Crippen molar-refractivity contribution in [2.75, 3.05) is 5.32 Å². The fraction of sp³-hybridized carbons (Fsp3) is 0.316. The summed E-state index contributed by atoms with van der Waals surface area (Å²) in [7, 11) is 0. The van der Waals surface area contributed by atoms with Crippen LogP contribution >= 0.6 is 0 Å². The number of rotatable bonds is 5. The smallest absolute Gasteiger partial charge is 0.229 e. The number of nitrogens with one attached hydrogen (secondary N) is 2. The molecule has 2 N–H and O–H groups in total. The molecule has 3 heterocycles. The largest absolute Gasteiger partial charge is 0.367 e. The molecule has 0 unspecified atom stereocenters. The minimum Gasteiger partial charge on any atom is -0.367 e. The summed E-state index contributed by atoms with van der Waals surface area (Å²) < 4.78 is 18.8. The first-order valence-electron chi connectivity index (χ1n) is 9.22. The Labute approximate surface area is 159 Å². The molecular formula is C19H18FN7O. The van der Waals surface area contributed by atoms with E-state index in [1.807, 2.05) is 6.07 Å². The van der Waals surface area contributed by atoms with Crippen LogP contribution in [-0.2, 0) is 6.42 Å². The van der Waals surface area contributed by atoms with Crippen molar-refractivity contribution in [1.82, 2.24) is 30.3 Å². The van der Waals surface area contributed by atoms with Crippen molar-refractivity contribution >= 4 is 16.9 Å². The fourth-order valence-corrected chi connectivity index (χ4v) is 3.74. The maximum Gasteiger partial charge on any atom is 0.229 e. The van der Waals surface area contributed by atoms with Gasteiger partial charge in [0.25, 0.3) is 0 Å². The highest BCUT2D eigenvalue weighted by atomic mass is 19.1. The average molecular weight is 379 g/mol. The molecule has 1 fully saturated rings. The highest BCUT2D eigenvalue weighted by Gasteiger charge is 2.30. The number of benzene rings is 1. The van der Waals surface area contributed by atoms with Gasteiger partial charge in [-0.05, 0) is 37.0 Å². The second kappa shape index (κ2) is 6.99. The van der Waals surface area contributed by atoms with E-state index in [0.717, 1.165) is 36.0 Å². The van der Waals surface area contributed by atoms with E-state index in [1.165, 1.54) is 18.5 Å². The van der Waals surface area contributed by atoms with Gasteiger partial charge >= 0.3 is 0 Å². The minimum absolute atomic E-state index is 0.202. The summed E-state index contributed by atoms with van der Waals surface area (Å²) in [4.78, 5) is 13.0. The molecule has 0 aliphatic heterocycles. The Hall–Kier alpha value is -3.36. The minimum atomic E-state index is -0.262. The number of aromatic amines is 1. The number of aromatic nitrogens is 6. The summed E-state index contributed by atoms with van der Waals surface area (Å²) >= 11 is 0. The van der Waals surface area contributed by atoms with Crippen molar-refractivity contribution in [2.45, 2.75) is 37.6 Å². The Morgan fingerprint density at radius 1 is 1.25 bits per heavy atom. The molecule has 3 aromatic heterocycles. The molecule has 1 aromatic carbocycles. The highest BCUT2D eigenvalue weighted by Crippen LogP contribution is 2.35. The highest BCUT2D eigenvalue weighted by molar-refractivity contribution is 5.85. The summed E-state index contributed by atoms with van der Waals surface area (Å²) in [5.41, 5.74) is 1.54. The average Bonchev–Trinajstić information content (AvgIpc) is 3.42.